The molecule has 6 rings (SSSR count). The van der Waals surface area contributed by atoms with E-state index in [9.17, 15) is 5.11 Å². The third kappa shape index (κ3) is 4.17. The SMILES string of the molecule is Cc1c[nH]c2cccc(-c3nc4c(c(N5CC[C@H](O)C[C@@H]5C)n3)CN(c3cc(C(C)C)nn3C)CC4)c12. The van der Waals surface area contributed by atoms with Crippen LogP contribution in [0.4, 0.5) is 11.6 Å². The van der Waals surface area contributed by atoms with Crippen LogP contribution in [-0.4, -0.2) is 55.1 Å². The molecule has 8 heteroatoms. The van der Waals surface area contributed by atoms with Gasteiger partial charge in [-0.1, -0.05) is 26.0 Å². The molecule has 37 heavy (non-hydrogen) atoms. The van der Waals surface area contributed by atoms with Gasteiger partial charge in [0.2, 0.25) is 0 Å². The van der Waals surface area contributed by atoms with E-state index in [1.165, 1.54) is 16.5 Å². The molecule has 1 saturated heterocycles. The lowest BCUT2D eigenvalue weighted by atomic mass is 9.98. The fraction of sp³-hybridized carbons (Fsp3) is 0.483. The highest BCUT2D eigenvalue weighted by Gasteiger charge is 2.32. The van der Waals surface area contributed by atoms with E-state index in [0.717, 1.165) is 78.8 Å². The number of anilines is 2. The third-order valence-electron chi connectivity index (χ3n) is 8.09. The Labute approximate surface area is 218 Å². The zero-order valence-electron chi connectivity index (χ0n) is 22.5. The number of fused-ring (bicyclic) bond motifs is 2. The number of aromatic nitrogens is 5. The minimum absolute atomic E-state index is 0.208. The molecule has 0 unspecified atom stereocenters. The number of hydrogen-bond acceptors (Lipinski definition) is 6. The molecule has 0 aliphatic carbocycles. The zero-order chi connectivity index (χ0) is 25.8. The van der Waals surface area contributed by atoms with Crippen LogP contribution in [0.3, 0.4) is 0 Å². The molecule has 0 spiro atoms. The van der Waals surface area contributed by atoms with Crippen molar-refractivity contribution >= 4 is 22.5 Å². The minimum atomic E-state index is -0.250. The summed E-state index contributed by atoms with van der Waals surface area (Å²) in [5.41, 5.74) is 6.82. The lowest BCUT2D eigenvalue weighted by molar-refractivity contribution is 0.131. The molecule has 194 valence electrons. The first kappa shape index (κ1) is 24.0. The van der Waals surface area contributed by atoms with Gasteiger partial charge in [-0.3, -0.25) is 4.68 Å². The topological polar surface area (TPSA) is 86.1 Å². The Hall–Kier alpha value is -3.39. The van der Waals surface area contributed by atoms with Crippen molar-refractivity contribution in [1.29, 1.82) is 0 Å². The second kappa shape index (κ2) is 9.17. The lowest BCUT2D eigenvalue weighted by Gasteiger charge is -2.40. The third-order valence-corrected chi connectivity index (χ3v) is 8.09. The number of H-pyrrole nitrogens is 1. The van der Waals surface area contributed by atoms with Gasteiger partial charge in [0.05, 0.1) is 17.5 Å². The molecule has 3 aromatic heterocycles. The molecule has 5 heterocycles. The average molecular weight is 500 g/mol. The van der Waals surface area contributed by atoms with Crippen LogP contribution in [0.15, 0.2) is 30.5 Å². The van der Waals surface area contributed by atoms with Gasteiger partial charge >= 0.3 is 0 Å². The number of nitrogens with one attached hydrogen (secondary N) is 1. The normalized spacial score (nSPS) is 20.2. The molecule has 4 aromatic rings. The molecule has 1 aromatic carbocycles. The van der Waals surface area contributed by atoms with Gasteiger partial charge in [0.15, 0.2) is 5.82 Å². The average Bonchev–Trinajstić information content (AvgIpc) is 3.46. The van der Waals surface area contributed by atoms with E-state index < -0.39 is 0 Å². The van der Waals surface area contributed by atoms with Crippen molar-refractivity contribution in [2.24, 2.45) is 7.05 Å². The Bertz CT molecular complexity index is 1450. The molecular weight excluding hydrogens is 462 g/mol. The van der Waals surface area contributed by atoms with E-state index in [0.29, 0.717) is 5.92 Å². The van der Waals surface area contributed by atoms with Crippen LogP contribution in [0, 0.1) is 6.92 Å². The van der Waals surface area contributed by atoms with Crippen molar-refractivity contribution in [3.05, 3.63) is 53.0 Å². The molecule has 0 radical (unpaired) electrons. The van der Waals surface area contributed by atoms with Crippen molar-refractivity contribution in [1.82, 2.24) is 24.7 Å². The summed E-state index contributed by atoms with van der Waals surface area (Å²) in [6.45, 7) is 11.1. The van der Waals surface area contributed by atoms with E-state index in [1.807, 2.05) is 11.7 Å². The van der Waals surface area contributed by atoms with Gasteiger partial charge in [0.25, 0.3) is 0 Å². The number of aryl methyl sites for hydroxylation is 2. The molecule has 2 aliphatic rings. The summed E-state index contributed by atoms with van der Waals surface area (Å²) in [4.78, 5) is 18.7. The second-order valence-corrected chi connectivity index (χ2v) is 11.1. The Morgan fingerprint density at radius 3 is 2.76 bits per heavy atom. The first-order valence-electron chi connectivity index (χ1n) is 13.5. The lowest BCUT2D eigenvalue weighted by Crippen LogP contribution is -2.45. The van der Waals surface area contributed by atoms with Crippen LogP contribution in [-0.2, 0) is 20.0 Å². The summed E-state index contributed by atoms with van der Waals surface area (Å²) in [5.74, 6) is 3.33. The minimum Gasteiger partial charge on any atom is -0.393 e. The Balaban J connectivity index is 1.47. The van der Waals surface area contributed by atoms with Gasteiger partial charge in [-0.15, -0.1) is 0 Å². The summed E-state index contributed by atoms with van der Waals surface area (Å²) in [6.07, 6.45) is 4.17. The van der Waals surface area contributed by atoms with Crippen LogP contribution < -0.4 is 9.80 Å². The smallest absolute Gasteiger partial charge is 0.162 e. The van der Waals surface area contributed by atoms with Crippen LogP contribution in [0.25, 0.3) is 22.3 Å². The first-order valence-corrected chi connectivity index (χ1v) is 13.5. The highest BCUT2D eigenvalue weighted by molar-refractivity contribution is 5.96. The number of benzene rings is 1. The van der Waals surface area contributed by atoms with Crippen LogP contribution >= 0.6 is 0 Å². The fourth-order valence-electron chi connectivity index (χ4n) is 6.01. The van der Waals surface area contributed by atoms with Crippen LogP contribution in [0.2, 0.25) is 0 Å². The van der Waals surface area contributed by atoms with Crippen molar-refractivity contribution in [3.8, 4) is 11.4 Å². The molecule has 1 fully saturated rings. The summed E-state index contributed by atoms with van der Waals surface area (Å²) in [7, 11) is 2.03. The maximum Gasteiger partial charge on any atom is 0.162 e. The maximum atomic E-state index is 10.3. The van der Waals surface area contributed by atoms with Crippen molar-refractivity contribution < 1.29 is 5.11 Å². The Kier molecular flexibility index (Phi) is 5.94. The fourth-order valence-corrected chi connectivity index (χ4v) is 6.01. The zero-order valence-corrected chi connectivity index (χ0v) is 22.5. The van der Waals surface area contributed by atoms with Gasteiger partial charge in [-0.2, -0.15) is 5.10 Å². The predicted molar refractivity (Wildman–Crippen MR) is 148 cm³/mol. The largest absolute Gasteiger partial charge is 0.393 e. The van der Waals surface area contributed by atoms with Gasteiger partial charge < -0.3 is 19.9 Å². The van der Waals surface area contributed by atoms with Crippen molar-refractivity contribution in [3.63, 3.8) is 0 Å². The number of aromatic amines is 1. The van der Waals surface area contributed by atoms with Gasteiger partial charge in [0.1, 0.15) is 11.6 Å². The molecule has 8 nitrogen and oxygen atoms in total. The number of rotatable bonds is 4. The molecular formula is C29H37N7O. The summed E-state index contributed by atoms with van der Waals surface area (Å²) >= 11 is 0. The van der Waals surface area contributed by atoms with Crippen molar-refractivity contribution in [2.75, 3.05) is 22.9 Å². The summed E-state index contributed by atoms with van der Waals surface area (Å²) in [6, 6.07) is 8.75. The number of aliphatic hydroxyl groups excluding tert-OH is 1. The predicted octanol–water partition coefficient (Wildman–Crippen LogP) is 4.70. The molecule has 0 saturated carbocycles. The number of nitrogens with zero attached hydrogens (tertiary/aromatic N) is 6. The quantitative estimate of drug-likeness (QED) is 0.423. The van der Waals surface area contributed by atoms with Crippen LogP contribution in [0.5, 0.6) is 0 Å². The van der Waals surface area contributed by atoms with E-state index in [2.05, 4.69) is 72.9 Å². The van der Waals surface area contributed by atoms with Gasteiger partial charge in [0, 0.05) is 73.4 Å². The Morgan fingerprint density at radius 1 is 1.16 bits per heavy atom. The first-order chi connectivity index (χ1) is 17.8. The standard InChI is InChI=1S/C29H37N7O/c1-17(2)25-14-26(34(5)33-25)35-11-10-23-22(16-35)29(36-12-9-20(37)13-19(36)4)32-28(31-23)21-7-6-8-24-27(21)18(3)15-30-24/h6-8,14-15,17,19-20,30,37H,9-13,16H2,1-5H3/t19-,20-/m0/s1. The molecule has 2 N–H and O–H groups in total. The van der Waals surface area contributed by atoms with E-state index in [1.54, 1.807) is 0 Å². The highest BCUT2D eigenvalue weighted by Crippen LogP contribution is 2.37. The molecule has 2 atom stereocenters. The number of piperidine rings is 1. The monoisotopic (exact) mass is 499 g/mol. The van der Waals surface area contributed by atoms with E-state index in [-0.39, 0.29) is 12.1 Å². The number of hydrogen-bond donors (Lipinski definition) is 2. The molecule has 0 amide bonds. The van der Waals surface area contributed by atoms with Gasteiger partial charge in [-0.05, 0) is 44.2 Å². The van der Waals surface area contributed by atoms with Gasteiger partial charge in [-0.25, -0.2) is 9.97 Å². The van der Waals surface area contributed by atoms with E-state index in [4.69, 9.17) is 15.1 Å². The molecule has 2 aliphatic heterocycles. The number of aliphatic hydroxyl groups is 1. The summed E-state index contributed by atoms with van der Waals surface area (Å²) in [5, 5.41) is 16.3. The second-order valence-electron chi connectivity index (χ2n) is 11.1. The maximum absolute atomic E-state index is 10.3. The van der Waals surface area contributed by atoms with Crippen LogP contribution in [0.1, 0.15) is 62.0 Å². The van der Waals surface area contributed by atoms with Crippen molar-refractivity contribution in [2.45, 2.75) is 71.6 Å². The Morgan fingerprint density at radius 2 is 2.00 bits per heavy atom. The highest BCUT2D eigenvalue weighted by atomic mass is 16.3. The summed E-state index contributed by atoms with van der Waals surface area (Å²) < 4.78 is 2.00. The van der Waals surface area contributed by atoms with E-state index >= 15 is 0 Å². The molecule has 0 bridgehead atoms.